The number of hydrogen-bond donors (Lipinski definition) is 2. The summed E-state index contributed by atoms with van der Waals surface area (Å²) >= 11 is 0. The van der Waals surface area contributed by atoms with Crippen molar-refractivity contribution in [2.45, 2.75) is 5.79 Å². The molecule has 0 heterocycles. The minimum Gasteiger partial charge on any atom is -0.362 e. The van der Waals surface area contributed by atoms with Crippen molar-refractivity contribution >= 4 is 0 Å². The minimum atomic E-state index is -1.96. The van der Waals surface area contributed by atoms with Gasteiger partial charge in [0.25, 0.3) is 0 Å². The van der Waals surface area contributed by atoms with Gasteiger partial charge < -0.3 is 10.2 Å². The Morgan fingerprint density at radius 2 is 1.60 bits per heavy atom. The Kier molecular flexibility index (Phi) is 1.74. The molecule has 0 saturated heterocycles. The molecule has 0 aliphatic carbocycles. The summed E-state index contributed by atoms with van der Waals surface area (Å²) in [5.41, 5.74) is 0.398. The zero-order valence-electron chi connectivity index (χ0n) is 5.49. The van der Waals surface area contributed by atoms with Crippen molar-refractivity contribution in [3.63, 3.8) is 0 Å². The molecular weight excluding hydrogens is 128 g/mol. The second-order valence-electron chi connectivity index (χ2n) is 2.18. The van der Waals surface area contributed by atoms with E-state index in [1.165, 1.54) is 0 Å². The van der Waals surface area contributed by atoms with E-state index < -0.39 is 5.79 Å². The molecule has 2 N–H and O–H groups in total. The molecule has 0 saturated carbocycles. The first kappa shape index (κ1) is 7.25. The van der Waals surface area contributed by atoms with Gasteiger partial charge in [-0.15, -0.1) is 0 Å². The highest BCUT2D eigenvalue weighted by atomic mass is 16.5. The summed E-state index contributed by atoms with van der Waals surface area (Å²) in [6.45, 7) is 3.15. The Balaban J connectivity index is 2.97. The van der Waals surface area contributed by atoms with E-state index in [4.69, 9.17) is 10.2 Å². The summed E-state index contributed by atoms with van der Waals surface area (Å²) in [6.07, 6.45) is 0. The highest BCUT2D eigenvalue weighted by Gasteiger charge is 2.16. The lowest BCUT2D eigenvalue weighted by Gasteiger charge is -2.14. The smallest absolute Gasteiger partial charge is 0.189 e. The Morgan fingerprint density at radius 3 is 1.90 bits per heavy atom. The molecule has 0 aliphatic heterocycles. The summed E-state index contributed by atoms with van der Waals surface area (Å²) in [5, 5.41) is 17.9. The Hall–Kier alpha value is -0.860. The van der Waals surface area contributed by atoms with E-state index in [-0.39, 0.29) is 0 Å². The first-order valence-corrected chi connectivity index (χ1v) is 2.96. The molecule has 1 aromatic carbocycles. The monoisotopic (exact) mass is 137 g/mol. The zero-order chi connectivity index (χ0) is 7.61. The van der Waals surface area contributed by atoms with E-state index in [2.05, 4.69) is 6.92 Å². The van der Waals surface area contributed by atoms with E-state index in [0.29, 0.717) is 5.56 Å². The van der Waals surface area contributed by atoms with E-state index in [9.17, 15) is 0 Å². The van der Waals surface area contributed by atoms with Gasteiger partial charge in [0.05, 0.1) is 0 Å². The number of rotatable bonds is 1. The third-order valence-corrected chi connectivity index (χ3v) is 1.24. The van der Waals surface area contributed by atoms with Crippen LogP contribution in [0.25, 0.3) is 0 Å². The van der Waals surface area contributed by atoms with Crippen molar-refractivity contribution in [1.29, 1.82) is 0 Å². The standard InChI is InChI=1S/C8H9O2/c1-8(9,10)7-5-3-2-4-6-7/h2-6,9-10H,1H2. The fraction of sp³-hybridized carbons (Fsp3) is 0.125. The highest BCUT2D eigenvalue weighted by molar-refractivity contribution is 5.20. The van der Waals surface area contributed by atoms with Crippen molar-refractivity contribution in [3.8, 4) is 0 Å². The Bertz CT molecular complexity index is 198. The maximum atomic E-state index is 8.93. The van der Waals surface area contributed by atoms with Crippen LogP contribution in [-0.4, -0.2) is 10.2 Å². The maximum Gasteiger partial charge on any atom is 0.189 e. The summed E-state index contributed by atoms with van der Waals surface area (Å²) in [4.78, 5) is 0. The van der Waals surface area contributed by atoms with Crippen molar-refractivity contribution in [2.75, 3.05) is 0 Å². The first-order valence-electron chi connectivity index (χ1n) is 2.96. The molecule has 1 rings (SSSR count). The van der Waals surface area contributed by atoms with Gasteiger partial charge in [0.2, 0.25) is 0 Å². The Morgan fingerprint density at radius 1 is 1.10 bits per heavy atom. The average Bonchev–Trinajstić information content (AvgIpc) is 1.88. The van der Waals surface area contributed by atoms with Gasteiger partial charge >= 0.3 is 0 Å². The van der Waals surface area contributed by atoms with Gasteiger partial charge in [-0.1, -0.05) is 30.3 Å². The third-order valence-electron chi connectivity index (χ3n) is 1.24. The molecule has 0 amide bonds. The van der Waals surface area contributed by atoms with Gasteiger partial charge in [-0.2, -0.15) is 0 Å². The average molecular weight is 137 g/mol. The lowest BCUT2D eigenvalue weighted by atomic mass is 10.1. The fourth-order valence-electron chi connectivity index (χ4n) is 0.705. The van der Waals surface area contributed by atoms with Gasteiger partial charge in [0.1, 0.15) is 0 Å². The van der Waals surface area contributed by atoms with E-state index in [1.807, 2.05) is 0 Å². The molecule has 2 nitrogen and oxygen atoms in total. The topological polar surface area (TPSA) is 40.5 Å². The fourth-order valence-corrected chi connectivity index (χ4v) is 0.705. The lowest BCUT2D eigenvalue weighted by Crippen LogP contribution is -2.19. The molecule has 0 aliphatic rings. The molecule has 0 bridgehead atoms. The quantitative estimate of drug-likeness (QED) is 0.558. The van der Waals surface area contributed by atoms with E-state index in [0.717, 1.165) is 0 Å². The minimum absolute atomic E-state index is 0.398. The molecule has 0 unspecified atom stereocenters. The summed E-state index contributed by atoms with van der Waals surface area (Å²) in [7, 11) is 0. The molecule has 1 radical (unpaired) electrons. The molecule has 0 atom stereocenters. The van der Waals surface area contributed by atoms with Crippen LogP contribution < -0.4 is 0 Å². The van der Waals surface area contributed by atoms with Gasteiger partial charge in [-0.3, -0.25) is 0 Å². The second-order valence-corrected chi connectivity index (χ2v) is 2.18. The molecule has 53 valence electrons. The molecule has 0 spiro atoms. The van der Waals surface area contributed by atoms with Crippen molar-refractivity contribution in [2.24, 2.45) is 0 Å². The van der Waals surface area contributed by atoms with Crippen molar-refractivity contribution in [1.82, 2.24) is 0 Å². The Labute approximate surface area is 59.7 Å². The van der Waals surface area contributed by atoms with Crippen LogP contribution in [0.2, 0.25) is 0 Å². The van der Waals surface area contributed by atoms with Crippen molar-refractivity contribution < 1.29 is 10.2 Å². The van der Waals surface area contributed by atoms with Gasteiger partial charge in [-0.05, 0) is 0 Å². The normalized spacial score (nSPS) is 11.5. The number of benzene rings is 1. The summed E-state index contributed by atoms with van der Waals surface area (Å²) < 4.78 is 0. The van der Waals surface area contributed by atoms with Crippen molar-refractivity contribution in [3.05, 3.63) is 42.8 Å². The van der Waals surface area contributed by atoms with Gasteiger partial charge in [0, 0.05) is 12.5 Å². The molecule has 2 heteroatoms. The van der Waals surface area contributed by atoms with Gasteiger partial charge in [-0.25, -0.2) is 0 Å². The van der Waals surface area contributed by atoms with Crippen LogP contribution in [0.15, 0.2) is 30.3 Å². The largest absolute Gasteiger partial charge is 0.362 e. The van der Waals surface area contributed by atoms with Crippen LogP contribution in [0.1, 0.15) is 5.56 Å². The molecule has 1 aromatic rings. The van der Waals surface area contributed by atoms with Crippen LogP contribution in [0.3, 0.4) is 0 Å². The first-order chi connectivity index (χ1) is 4.61. The van der Waals surface area contributed by atoms with Crippen LogP contribution in [0, 0.1) is 6.92 Å². The predicted molar refractivity (Wildman–Crippen MR) is 37.9 cm³/mol. The predicted octanol–water partition coefficient (Wildman–Crippen LogP) is 0.658. The zero-order valence-corrected chi connectivity index (χ0v) is 5.49. The number of aliphatic hydroxyl groups is 2. The van der Waals surface area contributed by atoms with Crippen LogP contribution in [0.4, 0.5) is 0 Å². The molecule has 0 fully saturated rings. The molecule has 0 aromatic heterocycles. The third kappa shape index (κ3) is 1.56. The van der Waals surface area contributed by atoms with E-state index >= 15 is 0 Å². The second kappa shape index (κ2) is 2.40. The SMILES string of the molecule is [CH2]C(O)(O)c1ccccc1. The van der Waals surface area contributed by atoms with E-state index in [1.54, 1.807) is 30.3 Å². The molecular formula is C8H9O2. The highest BCUT2D eigenvalue weighted by Crippen LogP contribution is 2.14. The van der Waals surface area contributed by atoms with Crippen LogP contribution >= 0.6 is 0 Å². The van der Waals surface area contributed by atoms with Crippen LogP contribution in [0.5, 0.6) is 0 Å². The summed E-state index contributed by atoms with van der Waals surface area (Å²) in [6, 6.07) is 8.46. The van der Waals surface area contributed by atoms with Crippen LogP contribution in [-0.2, 0) is 5.79 Å². The summed E-state index contributed by atoms with van der Waals surface area (Å²) in [5.74, 6) is -1.96. The number of hydrogen-bond acceptors (Lipinski definition) is 2. The van der Waals surface area contributed by atoms with Gasteiger partial charge in [0.15, 0.2) is 5.79 Å². The molecule has 10 heavy (non-hydrogen) atoms. The lowest BCUT2D eigenvalue weighted by molar-refractivity contribution is -0.128. The maximum absolute atomic E-state index is 8.93.